The largest absolute Gasteiger partial charge is 0.489 e. The van der Waals surface area contributed by atoms with Crippen LogP contribution < -0.4 is 14.8 Å². The second-order valence-electron chi connectivity index (χ2n) is 11.1. The number of nitrogens with one attached hydrogen (secondary N) is 3. The van der Waals surface area contributed by atoms with Crippen molar-refractivity contribution in [3.05, 3.63) is 95.8 Å². The average Bonchev–Trinajstić information content (AvgIpc) is 3.44. The summed E-state index contributed by atoms with van der Waals surface area (Å²) in [5.41, 5.74) is -0.439. The van der Waals surface area contributed by atoms with E-state index in [1.54, 1.807) is 36.4 Å². The Bertz CT molecular complexity index is 1660. The first kappa shape index (κ1) is 31.6. The number of hydrogen-bond acceptors (Lipinski definition) is 9. The number of hydrogen-bond donors (Lipinski definition) is 3. The van der Waals surface area contributed by atoms with Crippen LogP contribution in [-0.4, -0.2) is 43.3 Å². The maximum absolute atomic E-state index is 13.6. The summed E-state index contributed by atoms with van der Waals surface area (Å²) in [6.45, 7) is 8.52. The van der Waals surface area contributed by atoms with E-state index >= 15 is 0 Å². The highest BCUT2D eigenvalue weighted by atomic mass is 32.2. The SMILES string of the molecule is CC(c1cccc(OCc2ccc(F)cc2)c1)S(=O)(=O)Nc1[nH]ncc1C(C#N)(Nc1cnccn1)OCC[Si](C)(C)C. The van der Waals surface area contributed by atoms with E-state index in [0.29, 0.717) is 11.3 Å². The zero-order valence-corrected chi connectivity index (χ0v) is 26.2. The number of anilines is 2. The number of aromatic nitrogens is 4. The molecule has 2 aromatic heterocycles. The predicted molar refractivity (Wildman–Crippen MR) is 164 cm³/mol. The van der Waals surface area contributed by atoms with E-state index in [2.05, 4.69) is 55.9 Å². The molecule has 0 fully saturated rings. The van der Waals surface area contributed by atoms with Crippen molar-refractivity contribution in [2.45, 2.75) is 50.2 Å². The van der Waals surface area contributed by atoms with Gasteiger partial charge < -0.3 is 14.8 Å². The predicted octanol–water partition coefficient (Wildman–Crippen LogP) is 5.56. The van der Waals surface area contributed by atoms with Crippen LogP contribution in [0.3, 0.4) is 0 Å². The number of aromatic amines is 1. The molecule has 2 aromatic carbocycles. The first-order valence-corrected chi connectivity index (χ1v) is 18.8. The van der Waals surface area contributed by atoms with E-state index in [4.69, 9.17) is 9.47 Å². The van der Waals surface area contributed by atoms with Crippen LogP contribution in [-0.2, 0) is 27.1 Å². The lowest BCUT2D eigenvalue weighted by Gasteiger charge is -2.29. The molecule has 4 rings (SSSR count). The van der Waals surface area contributed by atoms with Gasteiger partial charge in [-0.25, -0.2) is 17.8 Å². The molecule has 0 aliphatic rings. The first-order chi connectivity index (χ1) is 20.4. The third kappa shape index (κ3) is 8.37. The molecule has 226 valence electrons. The maximum atomic E-state index is 13.6. The summed E-state index contributed by atoms with van der Waals surface area (Å²) in [5.74, 6) is 0.352. The van der Waals surface area contributed by atoms with E-state index < -0.39 is 29.1 Å². The van der Waals surface area contributed by atoms with Gasteiger partial charge in [0, 0.05) is 27.1 Å². The molecule has 14 heteroatoms. The van der Waals surface area contributed by atoms with Gasteiger partial charge in [-0.3, -0.25) is 14.8 Å². The summed E-state index contributed by atoms with van der Waals surface area (Å²) >= 11 is 0. The Morgan fingerprint density at radius 1 is 1.14 bits per heavy atom. The average molecular weight is 624 g/mol. The Kier molecular flexibility index (Phi) is 9.79. The van der Waals surface area contributed by atoms with Crippen LogP contribution in [0.15, 0.2) is 73.3 Å². The molecule has 4 aromatic rings. The van der Waals surface area contributed by atoms with Gasteiger partial charge >= 0.3 is 0 Å². The fourth-order valence-electron chi connectivity index (χ4n) is 4.00. The second kappa shape index (κ2) is 13.3. The lowest BCUT2D eigenvalue weighted by atomic mass is 10.1. The Morgan fingerprint density at radius 2 is 1.91 bits per heavy atom. The molecule has 0 saturated heterocycles. The fourth-order valence-corrected chi connectivity index (χ4v) is 5.84. The van der Waals surface area contributed by atoms with Crippen molar-refractivity contribution in [2.24, 2.45) is 0 Å². The number of H-pyrrole nitrogens is 1. The molecule has 0 aliphatic carbocycles. The smallest absolute Gasteiger partial charge is 0.261 e. The van der Waals surface area contributed by atoms with Gasteiger partial charge in [0.2, 0.25) is 10.0 Å². The zero-order valence-electron chi connectivity index (χ0n) is 24.3. The van der Waals surface area contributed by atoms with Gasteiger partial charge in [-0.05, 0) is 48.4 Å². The molecule has 0 radical (unpaired) electrons. The van der Waals surface area contributed by atoms with Gasteiger partial charge in [-0.2, -0.15) is 10.4 Å². The molecule has 2 heterocycles. The molecule has 43 heavy (non-hydrogen) atoms. The zero-order chi connectivity index (χ0) is 31.1. The molecule has 0 amide bonds. The molecule has 2 atom stereocenters. The van der Waals surface area contributed by atoms with Crippen LogP contribution in [0.1, 0.15) is 28.9 Å². The minimum absolute atomic E-state index is 0.0264. The van der Waals surface area contributed by atoms with Gasteiger partial charge in [-0.1, -0.05) is 43.9 Å². The van der Waals surface area contributed by atoms with Crippen LogP contribution in [0.25, 0.3) is 0 Å². The second-order valence-corrected chi connectivity index (χ2v) is 18.7. The summed E-state index contributed by atoms with van der Waals surface area (Å²) in [5, 5.41) is 19.1. The van der Waals surface area contributed by atoms with Crippen LogP contribution in [0.4, 0.5) is 16.0 Å². The number of sulfonamides is 1. The lowest BCUT2D eigenvalue weighted by molar-refractivity contribution is 0.0240. The molecular weight excluding hydrogens is 590 g/mol. The molecule has 11 nitrogen and oxygen atoms in total. The van der Waals surface area contributed by atoms with E-state index in [1.807, 2.05) is 0 Å². The van der Waals surface area contributed by atoms with Gasteiger partial charge in [-0.15, -0.1) is 0 Å². The summed E-state index contributed by atoms with van der Waals surface area (Å²) < 4.78 is 54.9. The van der Waals surface area contributed by atoms with Gasteiger partial charge in [0.1, 0.15) is 41.1 Å². The highest BCUT2D eigenvalue weighted by Gasteiger charge is 2.40. The highest BCUT2D eigenvalue weighted by molar-refractivity contribution is 7.92. The van der Waals surface area contributed by atoms with Gasteiger partial charge in [0.15, 0.2) is 0 Å². The molecule has 0 spiro atoms. The van der Waals surface area contributed by atoms with Crippen LogP contribution in [0.5, 0.6) is 5.75 Å². The van der Waals surface area contributed by atoms with Crippen molar-refractivity contribution in [1.82, 2.24) is 20.2 Å². The Balaban J connectivity index is 1.56. The Hall–Kier alpha value is -4.32. The van der Waals surface area contributed by atoms with Crippen molar-refractivity contribution in [2.75, 3.05) is 16.6 Å². The molecule has 0 saturated carbocycles. The molecular formula is C29H34FN7O4SSi. The molecule has 0 aliphatic heterocycles. The van der Waals surface area contributed by atoms with Crippen molar-refractivity contribution >= 4 is 29.7 Å². The first-order valence-electron chi connectivity index (χ1n) is 13.5. The normalized spacial score (nSPS) is 13.9. The number of benzene rings is 2. The topological polar surface area (TPSA) is 155 Å². The third-order valence-corrected chi connectivity index (χ3v) is 9.97. The van der Waals surface area contributed by atoms with Crippen molar-refractivity contribution < 1.29 is 22.3 Å². The van der Waals surface area contributed by atoms with E-state index in [-0.39, 0.29) is 36.2 Å². The third-order valence-electron chi connectivity index (χ3n) is 6.57. The van der Waals surface area contributed by atoms with Crippen molar-refractivity contribution in [1.29, 1.82) is 5.26 Å². The van der Waals surface area contributed by atoms with Gasteiger partial charge in [0.05, 0.1) is 18.0 Å². The fraction of sp³-hybridized carbons (Fsp3) is 0.310. The summed E-state index contributed by atoms with van der Waals surface area (Å²) in [4.78, 5) is 8.24. The van der Waals surface area contributed by atoms with Crippen LogP contribution in [0.2, 0.25) is 25.7 Å². The summed E-state index contributed by atoms with van der Waals surface area (Å²) in [7, 11) is -5.60. The number of nitrogens with zero attached hydrogens (tertiary/aromatic N) is 4. The maximum Gasteiger partial charge on any atom is 0.261 e. The molecule has 2 unspecified atom stereocenters. The van der Waals surface area contributed by atoms with Crippen LogP contribution in [0, 0.1) is 17.1 Å². The molecule has 0 bridgehead atoms. The van der Waals surface area contributed by atoms with Crippen molar-refractivity contribution in [3.8, 4) is 11.8 Å². The number of rotatable bonds is 14. The van der Waals surface area contributed by atoms with Crippen LogP contribution >= 0.6 is 0 Å². The number of nitriles is 1. The summed E-state index contributed by atoms with van der Waals surface area (Å²) in [6, 6.07) is 15.6. The Labute approximate surface area is 251 Å². The minimum Gasteiger partial charge on any atom is -0.489 e. The van der Waals surface area contributed by atoms with Gasteiger partial charge in [0.25, 0.3) is 5.72 Å². The molecule has 3 N–H and O–H groups in total. The quantitative estimate of drug-likeness (QED) is 0.121. The monoisotopic (exact) mass is 623 g/mol. The van der Waals surface area contributed by atoms with Crippen molar-refractivity contribution in [3.63, 3.8) is 0 Å². The minimum atomic E-state index is -4.06. The lowest BCUT2D eigenvalue weighted by Crippen LogP contribution is -2.39. The Morgan fingerprint density at radius 3 is 2.58 bits per heavy atom. The highest BCUT2D eigenvalue weighted by Crippen LogP contribution is 2.34. The van der Waals surface area contributed by atoms with E-state index in [1.165, 1.54) is 43.8 Å². The summed E-state index contributed by atoms with van der Waals surface area (Å²) in [6.07, 6.45) is 5.73. The standard InChI is InChI=1S/C29H34FN7O4SSi/c1-21(23-6-5-7-25(16-23)40-19-22-8-10-24(30)11-9-22)42(38,39)37-28-26(17-34-36-28)29(20-31,41-14-15-43(2,3)4)35-27-18-32-12-13-33-27/h5-13,16-18,21H,14-15,19H2,1-4H3,(H,33,35)(H2,34,36,37). The number of ether oxygens (including phenoxy) is 2. The van der Waals surface area contributed by atoms with E-state index in [0.717, 1.165) is 11.6 Å². The van der Waals surface area contributed by atoms with E-state index in [9.17, 15) is 18.1 Å². The number of halogens is 1.